The van der Waals surface area contributed by atoms with Crippen LogP contribution in [0.4, 0.5) is 0 Å². The van der Waals surface area contributed by atoms with E-state index in [1.807, 2.05) is 36.4 Å². The van der Waals surface area contributed by atoms with Gasteiger partial charge in [0.25, 0.3) is 0 Å². The van der Waals surface area contributed by atoms with E-state index in [2.05, 4.69) is 57.3 Å². The maximum Gasteiger partial charge on any atom is 0.231 e. The van der Waals surface area contributed by atoms with Gasteiger partial charge in [0.1, 0.15) is 5.52 Å². The van der Waals surface area contributed by atoms with E-state index in [1.165, 1.54) is 22.9 Å². The highest BCUT2D eigenvalue weighted by molar-refractivity contribution is 7.99. The predicted molar refractivity (Wildman–Crippen MR) is 147 cm³/mol. The van der Waals surface area contributed by atoms with Gasteiger partial charge >= 0.3 is 0 Å². The molecular weight excluding hydrogens is 498 g/mol. The number of amides is 1. The molecule has 0 aliphatic carbocycles. The van der Waals surface area contributed by atoms with Crippen molar-refractivity contribution in [2.24, 2.45) is 0 Å². The average Bonchev–Trinajstić information content (AvgIpc) is 3.52. The topological polar surface area (TPSA) is 91.2 Å². The molecule has 5 aromatic rings. The molecule has 0 fully saturated rings. The van der Waals surface area contributed by atoms with Crippen LogP contribution in [-0.4, -0.2) is 38.2 Å². The minimum atomic E-state index is 0.0103. The quantitative estimate of drug-likeness (QED) is 0.208. The summed E-state index contributed by atoms with van der Waals surface area (Å²) in [6.07, 6.45) is 1.14. The number of carbonyl (C=O) groups excluding carboxylic acids is 1. The van der Waals surface area contributed by atoms with Crippen molar-refractivity contribution in [3.05, 3.63) is 83.4 Å². The van der Waals surface area contributed by atoms with Crippen molar-refractivity contribution in [1.29, 1.82) is 0 Å². The number of aromatic nitrogens is 4. The molecule has 1 aliphatic heterocycles. The van der Waals surface area contributed by atoms with E-state index >= 15 is 0 Å². The number of hydrogen-bond acceptors (Lipinski definition) is 7. The summed E-state index contributed by atoms with van der Waals surface area (Å²) >= 11 is 1.52. The highest BCUT2D eigenvalue weighted by Crippen LogP contribution is 2.32. The number of nitrogens with zero attached hydrogens (tertiary/aromatic N) is 4. The number of thioether (sulfide) groups is 1. The summed E-state index contributed by atoms with van der Waals surface area (Å²) < 4.78 is 12.9. The predicted octanol–water partition coefficient (Wildman–Crippen LogP) is 5.25. The van der Waals surface area contributed by atoms with Gasteiger partial charge in [0.05, 0.1) is 5.52 Å². The zero-order valence-corrected chi connectivity index (χ0v) is 21.8. The molecule has 192 valence electrons. The summed E-state index contributed by atoms with van der Waals surface area (Å²) in [5, 5.41) is 13.6. The molecule has 1 aliphatic rings. The van der Waals surface area contributed by atoms with Gasteiger partial charge in [-0.2, -0.15) is 0 Å². The van der Waals surface area contributed by atoms with Crippen molar-refractivity contribution < 1.29 is 14.3 Å². The first kappa shape index (κ1) is 24.2. The standard InChI is InChI=1S/C29H27N5O3S/c1-19-9-11-23-22(14-19)27-28(34(23)17-20-6-3-2-4-7-20)31-29(33-32-27)38-13-5-8-26(35)30-16-21-10-12-24-25(15-21)37-18-36-24/h2-4,6-7,9-12,14-15H,5,8,13,16-18H2,1H3,(H,30,35). The maximum atomic E-state index is 12.4. The van der Waals surface area contributed by atoms with E-state index < -0.39 is 0 Å². The molecule has 2 aromatic heterocycles. The fraction of sp³-hybridized carbons (Fsp3) is 0.241. The van der Waals surface area contributed by atoms with Gasteiger partial charge in [-0.05, 0) is 48.7 Å². The molecule has 38 heavy (non-hydrogen) atoms. The van der Waals surface area contributed by atoms with Gasteiger partial charge in [0.2, 0.25) is 17.9 Å². The van der Waals surface area contributed by atoms with Gasteiger partial charge in [-0.3, -0.25) is 4.79 Å². The van der Waals surface area contributed by atoms with Crippen LogP contribution < -0.4 is 14.8 Å². The average molecular weight is 526 g/mol. The van der Waals surface area contributed by atoms with E-state index in [-0.39, 0.29) is 12.7 Å². The lowest BCUT2D eigenvalue weighted by molar-refractivity contribution is -0.121. The second-order valence-corrected chi connectivity index (χ2v) is 10.3. The van der Waals surface area contributed by atoms with Crippen molar-refractivity contribution in [1.82, 2.24) is 25.1 Å². The third kappa shape index (κ3) is 5.15. The second kappa shape index (κ2) is 10.7. The van der Waals surface area contributed by atoms with E-state index in [1.54, 1.807) is 0 Å². The summed E-state index contributed by atoms with van der Waals surface area (Å²) in [7, 11) is 0. The third-order valence-corrected chi connectivity index (χ3v) is 7.42. The Hall–Kier alpha value is -4.11. The fourth-order valence-electron chi connectivity index (χ4n) is 4.58. The second-order valence-electron chi connectivity index (χ2n) is 9.28. The Morgan fingerprint density at radius 1 is 1.00 bits per heavy atom. The normalized spacial score (nSPS) is 12.3. The van der Waals surface area contributed by atoms with Crippen LogP contribution in [0.15, 0.2) is 71.9 Å². The van der Waals surface area contributed by atoms with Crippen LogP contribution in [0.3, 0.4) is 0 Å². The van der Waals surface area contributed by atoms with Crippen molar-refractivity contribution in [2.75, 3.05) is 12.5 Å². The number of benzene rings is 3. The van der Waals surface area contributed by atoms with Crippen LogP contribution >= 0.6 is 11.8 Å². The van der Waals surface area contributed by atoms with Crippen molar-refractivity contribution in [3.8, 4) is 11.5 Å². The molecule has 9 heteroatoms. The zero-order valence-electron chi connectivity index (χ0n) is 21.0. The number of fused-ring (bicyclic) bond motifs is 4. The first-order valence-corrected chi connectivity index (χ1v) is 13.6. The Balaban J connectivity index is 1.09. The van der Waals surface area contributed by atoms with Gasteiger partial charge < -0.3 is 19.4 Å². The first-order chi connectivity index (χ1) is 18.6. The monoisotopic (exact) mass is 525 g/mol. The fourth-order valence-corrected chi connectivity index (χ4v) is 5.30. The van der Waals surface area contributed by atoms with Crippen LogP contribution in [0.5, 0.6) is 11.5 Å². The van der Waals surface area contributed by atoms with Gasteiger partial charge in [0, 0.05) is 30.6 Å². The molecule has 3 aromatic carbocycles. The summed E-state index contributed by atoms with van der Waals surface area (Å²) in [5.41, 5.74) is 6.09. The zero-order chi connectivity index (χ0) is 25.9. The van der Waals surface area contributed by atoms with Crippen molar-refractivity contribution >= 4 is 39.7 Å². The number of aryl methyl sites for hydroxylation is 1. The van der Waals surface area contributed by atoms with E-state index in [0.29, 0.717) is 31.1 Å². The molecule has 0 unspecified atom stereocenters. The van der Waals surface area contributed by atoms with Crippen LogP contribution in [-0.2, 0) is 17.9 Å². The van der Waals surface area contributed by atoms with Crippen LogP contribution in [0, 0.1) is 6.92 Å². The molecule has 0 spiro atoms. The van der Waals surface area contributed by atoms with E-state index in [4.69, 9.17) is 14.5 Å². The van der Waals surface area contributed by atoms with Gasteiger partial charge in [-0.1, -0.05) is 59.8 Å². The number of nitrogens with one attached hydrogen (secondary N) is 1. The molecule has 0 atom stereocenters. The van der Waals surface area contributed by atoms with Gasteiger partial charge in [0.15, 0.2) is 17.1 Å². The lowest BCUT2D eigenvalue weighted by atomic mass is 10.1. The highest BCUT2D eigenvalue weighted by atomic mass is 32.2. The molecule has 1 N–H and O–H groups in total. The van der Waals surface area contributed by atoms with Gasteiger partial charge in [-0.15, -0.1) is 10.2 Å². The lowest BCUT2D eigenvalue weighted by Gasteiger charge is -2.08. The van der Waals surface area contributed by atoms with Crippen molar-refractivity contribution in [2.45, 2.75) is 38.0 Å². The smallest absolute Gasteiger partial charge is 0.231 e. The molecule has 0 radical (unpaired) electrons. The molecular formula is C29H27N5O3S. The van der Waals surface area contributed by atoms with Gasteiger partial charge in [-0.25, -0.2) is 4.98 Å². The summed E-state index contributed by atoms with van der Waals surface area (Å²) in [6.45, 7) is 3.48. The molecule has 0 bridgehead atoms. The van der Waals surface area contributed by atoms with Crippen LogP contribution in [0.1, 0.15) is 29.5 Å². The summed E-state index contributed by atoms with van der Waals surface area (Å²) in [4.78, 5) is 17.2. The van der Waals surface area contributed by atoms with Crippen LogP contribution in [0.25, 0.3) is 22.1 Å². The van der Waals surface area contributed by atoms with Crippen LogP contribution in [0.2, 0.25) is 0 Å². The molecule has 6 rings (SSSR count). The minimum absolute atomic E-state index is 0.0103. The summed E-state index contributed by atoms with van der Waals surface area (Å²) in [6, 6.07) is 22.4. The molecule has 8 nitrogen and oxygen atoms in total. The Morgan fingerprint density at radius 3 is 2.76 bits per heavy atom. The Kier molecular flexibility index (Phi) is 6.83. The molecule has 0 saturated carbocycles. The third-order valence-electron chi connectivity index (χ3n) is 6.49. The number of ether oxygens (including phenoxy) is 2. The Labute approximate surface area is 224 Å². The maximum absolute atomic E-state index is 12.4. The minimum Gasteiger partial charge on any atom is -0.454 e. The molecule has 1 amide bonds. The number of carbonyl (C=O) groups is 1. The SMILES string of the molecule is Cc1ccc2c(c1)c1nnc(SCCCC(=O)NCc3ccc4c(c3)OCO4)nc1n2Cc1ccccc1. The molecule has 3 heterocycles. The Bertz CT molecular complexity index is 1620. The largest absolute Gasteiger partial charge is 0.454 e. The highest BCUT2D eigenvalue weighted by Gasteiger charge is 2.16. The Morgan fingerprint density at radius 2 is 1.87 bits per heavy atom. The molecule has 0 saturated heterocycles. The van der Waals surface area contributed by atoms with E-state index in [0.717, 1.165) is 44.9 Å². The van der Waals surface area contributed by atoms with Crippen molar-refractivity contribution in [3.63, 3.8) is 0 Å². The lowest BCUT2D eigenvalue weighted by Crippen LogP contribution is -2.22. The van der Waals surface area contributed by atoms with E-state index in [9.17, 15) is 4.79 Å². The summed E-state index contributed by atoms with van der Waals surface area (Å²) in [5.74, 6) is 2.19. The number of rotatable bonds is 9. The number of hydrogen-bond donors (Lipinski definition) is 1. The first-order valence-electron chi connectivity index (χ1n) is 12.6.